The Bertz CT molecular complexity index is 644. The molecular weight excluding hydrogens is 352 g/mol. The van der Waals surface area contributed by atoms with Crippen LogP contribution in [-0.4, -0.2) is 11.7 Å². The molecule has 1 aliphatic rings. The summed E-state index contributed by atoms with van der Waals surface area (Å²) in [7, 11) is 0. The average Bonchev–Trinajstić information content (AvgIpc) is 2.47. The fraction of sp³-hybridized carbons (Fsp3) is 0.294. The molecule has 4 heteroatoms. The zero-order chi connectivity index (χ0) is 14.8. The van der Waals surface area contributed by atoms with Crippen LogP contribution in [0.1, 0.15) is 35.3 Å². The lowest BCUT2D eigenvalue weighted by Gasteiger charge is -2.28. The van der Waals surface area contributed by atoms with Crippen molar-refractivity contribution in [2.75, 3.05) is 6.61 Å². The molecule has 2 aromatic rings. The Morgan fingerprint density at radius 3 is 2.90 bits per heavy atom. The van der Waals surface area contributed by atoms with Crippen molar-refractivity contribution in [2.45, 2.75) is 25.0 Å². The molecule has 1 heterocycles. The highest BCUT2D eigenvalue weighted by atomic mass is 79.9. The van der Waals surface area contributed by atoms with E-state index < -0.39 is 6.10 Å². The minimum Gasteiger partial charge on any atom is -0.388 e. The molecule has 0 bridgehead atoms. The Morgan fingerprint density at radius 1 is 1.29 bits per heavy atom. The zero-order valence-corrected chi connectivity index (χ0v) is 13.8. The molecule has 2 aromatic carbocycles. The van der Waals surface area contributed by atoms with Crippen molar-refractivity contribution in [1.29, 1.82) is 0 Å². The normalized spacial score (nSPS) is 19.1. The van der Waals surface area contributed by atoms with E-state index in [0.29, 0.717) is 18.1 Å². The van der Waals surface area contributed by atoms with Gasteiger partial charge in [0.1, 0.15) is 0 Å². The smallest absolute Gasteiger partial charge is 0.0855 e. The molecule has 0 saturated heterocycles. The maximum atomic E-state index is 10.5. The number of hydrogen-bond acceptors (Lipinski definition) is 2. The number of rotatable bonds is 3. The van der Waals surface area contributed by atoms with E-state index in [2.05, 4.69) is 28.1 Å². The van der Waals surface area contributed by atoms with Crippen LogP contribution in [0.4, 0.5) is 0 Å². The van der Waals surface area contributed by atoms with Crippen LogP contribution in [0, 0.1) is 0 Å². The first-order valence-electron chi connectivity index (χ1n) is 6.97. The van der Waals surface area contributed by atoms with E-state index in [1.807, 2.05) is 24.3 Å². The molecular formula is C17H16BrClO2. The molecule has 0 aliphatic carbocycles. The van der Waals surface area contributed by atoms with E-state index in [4.69, 9.17) is 16.3 Å². The predicted octanol–water partition coefficient (Wildman–Crippen LogP) is 4.84. The molecule has 0 spiro atoms. The molecule has 0 radical (unpaired) electrons. The summed E-state index contributed by atoms with van der Waals surface area (Å²) in [6, 6.07) is 13.8. The third kappa shape index (κ3) is 3.32. The summed E-state index contributed by atoms with van der Waals surface area (Å²) in [4.78, 5) is 0. The van der Waals surface area contributed by atoms with Crippen LogP contribution in [0.15, 0.2) is 46.9 Å². The van der Waals surface area contributed by atoms with E-state index in [9.17, 15) is 5.11 Å². The molecule has 0 aromatic heterocycles. The van der Waals surface area contributed by atoms with E-state index in [-0.39, 0.29) is 6.10 Å². The summed E-state index contributed by atoms with van der Waals surface area (Å²) in [6.07, 6.45) is 0.728. The molecule has 21 heavy (non-hydrogen) atoms. The molecule has 2 unspecified atom stereocenters. The van der Waals surface area contributed by atoms with Crippen molar-refractivity contribution in [3.05, 3.63) is 68.7 Å². The van der Waals surface area contributed by atoms with Crippen molar-refractivity contribution in [1.82, 2.24) is 0 Å². The van der Waals surface area contributed by atoms with Gasteiger partial charge in [-0.2, -0.15) is 0 Å². The van der Waals surface area contributed by atoms with Crippen molar-refractivity contribution < 1.29 is 9.84 Å². The van der Waals surface area contributed by atoms with Gasteiger partial charge in [-0.3, -0.25) is 0 Å². The molecule has 2 nitrogen and oxygen atoms in total. The number of aliphatic hydroxyl groups excluding tert-OH is 1. The van der Waals surface area contributed by atoms with Crippen LogP contribution in [0.25, 0.3) is 0 Å². The van der Waals surface area contributed by atoms with Crippen LogP contribution in [-0.2, 0) is 11.2 Å². The highest BCUT2D eigenvalue weighted by Gasteiger charge is 2.24. The Morgan fingerprint density at radius 2 is 2.10 bits per heavy atom. The highest BCUT2D eigenvalue weighted by molar-refractivity contribution is 9.10. The number of benzene rings is 2. The number of fused-ring (bicyclic) bond motifs is 1. The Labute approximate surface area is 137 Å². The molecule has 1 aliphatic heterocycles. The van der Waals surface area contributed by atoms with Gasteiger partial charge in [0.2, 0.25) is 0 Å². The van der Waals surface area contributed by atoms with Gasteiger partial charge in [0, 0.05) is 15.9 Å². The molecule has 0 saturated carbocycles. The number of aliphatic hydroxyl groups is 1. The van der Waals surface area contributed by atoms with Gasteiger partial charge >= 0.3 is 0 Å². The fourth-order valence-electron chi connectivity index (χ4n) is 2.77. The van der Waals surface area contributed by atoms with Crippen molar-refractivity contribution in [2.24, 2.45) is 0 Å². The lowest BCUT2D eigenvalue weighted by molar-refractivity contribution is 0.00379. The number of halogens is 2. The molecule has 2 atom stereocenters. The summed E-state index contributed by atoms with van der Waals surface area (Å²) >= 11 is 9.59. The van der Waals surface area contributed by atoms with Gasteiger partial charge in [-0.1, -0.05) is 57.9 Å². The standard InChI is InChI=1S/C17H16BrClO2/c18-12-5-6-14(15(19)9-12)16(20)10-17-13-4-2-1-3-11(13)7-8-21-17/h1-6,9,16-17,20H,7-8,10H2. The van der Waals surface area contributed by atoms with E-state index >= 15 is 0 Å². The molecule has 3 rings (SSSR count). The molecule has 0 fully saturated rings. The van der Waals surface area contributed by atoms with Gasteiger partial charge in [0.25, 0.3) is 0 Å². The molecule has 0 amide bonds. The van der Waals surface area contributed by atoms with Crippen LogP contribution in [0.2, 0.25) is 5.02 Å². The van der Waals surface area contributed by atoms with Gasteiger partial charge in [-0.15, -0.1) is 0 Å². The van der Waals surface area contributed by atoms with Gasteiger partial charge in [0.15, 0.2) is 0 Å². The Hall–Kier alpha value is -0.870. The summed E-state index contributed by atoms with van der Waals surface area (Å²) in [5, 5.41) is 11.1. The topological polar surface area (TPSA) is 29.5 Å². The third-order valence-electron chi connectivity index (χ3n) is 3.85. The summed E-state index contributed by atoms with van der Waals surface area (Å²) in [6.45, 7) is 0.697. The second kappa shape index (κ2) is 6.49. The predicted molar refractivity (Wildman–Crippen MR) is 87.6 cm³/mol. The van der Waals surface area contributed by atoms with E-state index in [1.165, 1.54) is 11.1 Å². The second-order valence-electron chi connectivity index (χ2n) is 5.23. The first-order chi connectivity index (χ1) is 10.1. The first-order valence-corrected chi connectivity index (χ1v) is 8.14. The lowest BCUT2D eigenvalue weighted by Crippen LogP contribution is -2.18. The van der Waals surface area contributed by atoms with Gasteiger partial charge in [-0.05, 0) is 35.2 Å². The monoisotopic (exact) mass is 366 g/mol. The van der Waals surface area contributed by atoms with Gasteiger partial charge in [-0.25, -0.2) is 0 Å². The third-order valence-corrected chi connectivity index (χ3v) is 4.67. The largest absolute Gasteiger partial charge is 0.388 e. The van der Waals surface area contributed by atoms with E-state index in [1.54, 1.807) is 6.07 Å². The minimum absolute atomic E-state index is 0.0790. The second-order valence-corrected chi connectivity index (χ2v) is 6.55. The lowest BCUT2D eigenvalue weighted by atomic mass is 9.92. The first kappa shape index (κ1) is 15.0. The van der Waals surface area contributed by atoms with Crippen LogP contribution < -0.4 is 0 Å². The van der Waals surface area contributed by atoms with Gasteiger partial charge < -0.3 is 9.84 Å². The minimum atomic E-state index is -0.637. The number of hydrogen-bond donors (Lipinski definition) is 1. The maximum absolute atomic E-state index is 10.5. The van der Waals surface area contributed by atoms with Crippen LogP contribution >= 0.6 is 27.5 Å². The quantitative estimate of drug-likeness (QED) is 0.841. The van der Waals surface area contributed by atoms with Crippen molar-refractivity contribution in [3.8, 4) is 0 Å². The van der Waals surface area contributed by atoms with Crippen molar-refractivity contribution in [3.63, 3.8) is 0 Å². The molecule has 1 N–H and O–H groups in total. The highest BCUT2D eigenvalue weighted by Crippen LogP contribution is 2.36. The van der Waals surface area contributed by atoms with Crippen LogP contribution in [0.5, 0.6) is 0 Å². The maximum Gasteiger partial charge on any atom is 0.0855 e. The van der Waals surface area contributed by atoms with Crippen molar-refractivity contribution >= 4 is 27.5 Å². The fourth-order valence-corrected chi connectivity index (χ4v) is 3.57. The summed E-state index contributed by atoms with van der Waals surface area (Å²) in [5.74, 6) is 0. The SMILES string of the molecule is OC(CC1OCCc2ccccc21)c1ccc(Br)cc1Cl. The van der Waals surface area contributed by atoms with Crippen LogP contribution in [0.3, 0.4) is 0 Å². The van der Waals surface area contributed by atoms with Gasteiger partial charge in [0.05, 0.1) is 18.8 Å². The Balaban J connectivity index is 1.81. The Kier molecular flexibility index (Phi) is 4.65. The zero-order valence-electron chi connectivity index (χ0n) is 11.4. The number of ether oxygens (including phenoxy) is 1. The average molecular weight is 368 g/mol. The summed E-state index contributed by atoms with van der Waals surface area (Å²) in [5.41, 5.74) is 3.23. The molecule has 110 valence electrons. The summed E-state index contributed by atoms with van der Waals surface area (Å²) < 4.78 is 6.75. The van der Waals surface area contributed by atoms with E-state index in [0.717, 1.165) is 16.5 Å².